The van der Waals surface area contributed by atoms with Crippen molar-refractivity contribution in [2.45, 2.75) is 6.92 Å². The fourth-order valence-electron chi connectivity index (χ4n) is 2.48. The highest BCUT2D eigenvalue weighted by Gasteiger charge is 2.12. The van der Waals surface area contributed by atoms with E-state index in [-0.39, 0.29) is 17.2 Å². The van der Waals surface area contributed by atoms with Crippen LogP contribution in [0.3, 0.4) is 0 Å². The molecular formula is C17H14N2O4. The molecular weight excluding hydrogens is 296 g/mol. The fourth-order valence-corrected chi connectivity index (χ4v) is 2.48. The number of rotatable bonds is 3. The lowest BCUT2D eigenvalue weighted by Crippen LogP contribution is -1.95. The summed E-state index contributed by atoms with van der Waals surface area (Å²) in [6.07, 6.45) is 1.47. The highest BCUT2D eigenvalue weighted by atomic mass is 16.4. The van der Waals surface area contributed by atoms with E-state index in [2.05, 4.69) is 9.98 Å². The van der Waals surface area contributed by atoms with Crippen LogP contribution < -0.4 is 0 Å². The Morgan fingerprint density at radius 2 is 2.00 bits per heavy atom. The molecule has 0 radical (unpaired) electrons. The summed E-state index contributed by atoms with van der Waals surface area (Å²) < 4.78 is 0. The van der Waals surface area contributed by atoms with Crippen molar-refractivity contribution in [1.82, 2.24) is 4.98 Å². The Balaban J connectivity index is 2.06. The number of phenols is 1. The maximum Gasteiger partial charge on any atom is 0.339 e. The van der Waals surface area contributed by atoms with E-state index in [0.717, 1.165) is 16.5 Å². The van der Waals surface area contributed by atoms with E-state index in [1.165, 1.54) is 24.4 Å². The highest BCUT2D eigenvalue weighted by Crippen LogP contribution is 2.29. The maximum absolute atomic E-state index is 11.0. The van der Waals surface area contributed by atoms with Crippen molar-refractivity contribution >= 4 is 28.8 Å². The molecule has 0 aliphatic heterocycles. The number of carboxylic acids is 1. The van der Waals surface area contributed by atoms with Crippen LogP contribution >= 0.6 is 0 Å². The minimum atomic E-state index is -1.23. The summed E-state index contributed by atoms with van der Waals surface area (Å²) in [4.78, 5) is 18.1. The molecule has 23 heavy (non-hydrogen) atoms. The van der Waals surface area contributed by atoms with Gasteiger partial charge in [0.05, 0.1) is 11.3 Å². The molecule has 2 aromatic carbocycles. The maximum atomic E-state index is 11.0. The summed E-state index contributed by atoms with van der Waals surface area (Å²) >= 11 is 0. The van der Waals surface area contributed by atoms with E-state index in [1.54, 1.807) is 0 Å². The summed E-state index contributed by atoms with van der Waals surface area (Å²) in [6.45, 7) is 1.93. The van der Waals surface area contributed by atoms with Gasteiger partial charge in [-0.2, -0.15) is 0 Å². The molecule has 6 heteroatoms. The first-order chi connectivity index (χ1) is 11.0. The fraction of sp³-hybridized carbons (Fsp3) is 0.0588. The number of aromatic hydroxyl groups is 2. The number of hydrogen-bond donors (Lipinski definition) is 4. The first kappa shape index (κ1) is 14.6. The number of H-pyrrole nitrogens is 1. The van der Waals surface area contributed by atoms with Gasteiger partial charge in [0.25, 0.3) is 0 Å². The first-order valence-electron chi connectivity index (χ1n) is 6.88. The van der Waals surface area contributed by atoms with Crippen LogP contribution in [0.5, 0.6) is 11.6 Å². The topological polar surface area (TPSA) is 106 Å². The number of nitrogens with one attached hydrogen (secondary N) is 1. The number of aromatic nitrogens is 1. The number of carboxylic acid groups (broad SMARTS) is 1. The minimum absolute atomic E-state index is 0.00436. The molecule has 0 saturated carbocycles. The van der Waals surface area contributed by atoms with Crippen LogP contribution in [0.1, 0.15) is 21.5 Å². The molecule has 1 heterocycles. The smallest absolute Gasteiger partial charge is 0.339 e. The molecule has 116 valence electrons. The van der Waals surface area contributed by atoms with Crippen LogP contribution in [-0.2, 0) is 0 Å². The SMILES string of the molecule is Cc1cccc2[nH]c(O)c(C=Nc3ccc(O)c(C(=O)O)c3)c12. The molecule has 0 amide bonds. The number of carbonyl (C=O) groups is 1. The number of fused-ring (bicyclic) bond motifs is 1. The van der Waals surface area contributed by atoms with Crippen molar-refractivity contribution in [3.63, 3.8) is 0 Å². The van der Waals surface area contributed by atoms with Gasteiger partial charge in [0.15, 0.2) is 5.88 Å². The van der Waals surface area contributed by atoms with Crippen molar-refractivity contribution in [3.05, 3.63) is 53.1 Å². The molecule has 0 unspecified atom stereocenters. The van der Waals surface area contributed by atoms with E-state index in [0.29, 0.717) is 11.3 Å². The van der Waals surface area contributed by atoms with Crippen molar-refractivity contribution in [2.75, 3.05) is 0 Å². The molecule has 0 fully saturated rings. The first-order valence-corrected chi connectivity index (χ1v) is 6.88. The molecule has 0 atom stereocenters. The number of aromatic carboxylic acids is 1. The zero-order valence-electron chi connectivity index (χ0n) is 12.2. The molecule has 3 aromatic rings. The second-order valence-electron chi connectivity index (χ2n) is 5.15. The van der Waals surface area contributed by atoms with Crippen LogP contribution in [0.25, 0.3) is 10.9 Å². The molecule has 0 aliphatic rings. The third-order valence-corrected chi connectivity index (χ3v) is 3.60. The Bertz CT molecular complexity index is 941. The van der Waals surface area contributed by atoms with Crippen LogP contribution in [-0.4, -0.2) is 32.5 Å². The summed E-state index contributed by atoms with van der Waals surface area (Å²) in [5, 5.41) is 29.4. The second kappa shape index (κ2) is 5.49. The predicted octanol–water partition coefficient (Wildman–Crippen LogP) is 3.34. The van der Waals surface area contributed by atoms with Crippen molar-refractivity contribution in [1.29, 1.82) is 0 Å². The lowest BCUT2D eigenvalue weighted by atomic mass is 10.1. The summed E-state index contributed by atoms with van der Waals surface area (Å²) in [5.74, 6) is -1.55. The molecule has 0 aliphatic carbocycles. The largest absolute Gasteiger partial charge is 0.507 e. The number of nitrogens with zero attached hydrogens (tertiary/aromatic N) is 1. The lowest BCUT2D eigenvalue weighted by molar-refractivity contribution is 0.0694. The van der Waals surface area contributed by atoms with Gasteiger partial charge in [-0.05, 0) is 36.8 Å². The highest BCUT2D eigenvalue weighted by molar-refractivity contribution is 6.04. The standard InChI is InChI=1S/C17H14N2O4/c1-9-3-2-4-13-15(9)12(16(21)19-13)8-18-10-5-6-14(20)11(7-10)17(22)23/h2-8,19-21H,1H3,(H,22,23). The van der Waals surface area contributed by atoms with Gasteiger partial charge in [-0.1, -0.05) is 12.1 Å². The minimum Gasteiger partial charge on any atom is -0.507 e. The quantitative estimate of drug-likeness (QED) is 0.557. The van der Waals surface area contributed by atoms with Gasteiger partial charge in [-0.3, -0.25) is 4.99 Å². The van der Waals surface area contributed by atoms with Gasteiger partial charge in [0.2, 0.25) is 0 Å². The zero-order chi connectivity index (χ0) is 16.6. The normalized spacial score (nSPS) is 11.3. The van der Waals surface area contributed by atoms with Crippen molar-refractivity contribution in [3.8, 4) is 11.6 Å². The number of aliphatic imine (C=N–C) groups is 1. The second-order valence-corrected chi connectivity index (χ2v) is 5.15. The molecule has 6 nitrogen and oxygen atoms in total. The van der Waals surface area contributed by atoms with Gasteiger partial charge in [0, 0.05) is 17.1 Å². The Labute approximate surface area is 131 Å². The van der Waals surface area contributed by atoms with Crippen LogP contribution in [0, 0.1) is 6.92 Å². The van der Waals surface area contributed by atoms with Gasteiger partial charge < -0.3 is 20.3 Å². The van der Waals surface area contributed by atoms with E-state index in [9.17, 15) is 15.0 Å². The summed E-state index contributed by atoms with van der Waals surface area (Å²) in [5.41, 5.74) is 2.45. The van der Waals surface area contributed by atoms with Crippen molar-refractivity contribution < 1.29 is 20.1 Å². The Morgan fingerprint density at radius 3 is 2.74 bits per heavy atom. The summed E-state index contributed by atoms with van der Waals surface area (Å²) in [6, 6.07) is 9.70. The number of hydrogen-bond acceptors (Lipinski definition) is 4. The van der Waals surface area contributed by atoms with Crippen molar-refractivity contribution in [2.24, 2.45) is 4.99 Å². The van der Waals surface area contributed by atoms with E-state index >= 15 is 0 Å². The Kier molecular flexibility index (Phi) is 3.50. The molecule has 0 saturated heterocycles. The van der Waals surface area contributed by atoms with Crippen LogP contribution in [0.4, 0.5) is 5.69 Å². The lowest BCUT2D eigenvalue weighted by Gasteiger charge is -2.01. The van der Waals surface area contributed by atoms with Gasteiger partial charge in [0.1, 0.15) is 11.3 Å². The van der Waals surface area contributed by atoms with E-state index in [1.807, 2.05) is 25.1 Å². The number of benzene rings is 2. The van der Waals surface area contributed by atoms with Crippen LogP contribution in [0.15, 0.2) is 41.4 Å². The Hall–Kier alpha value is -3.28. The van der Waals surface area contributed by atoms with E-state index in [4.69, 9.17) is 5.11 Å². The third kappa shape index (κ3) is 2.62. The molecule has 0 bridgehead atoms. The Morgan fingerprint density at radius 1 is 1.22 bits per heavy atom. The van der Waals surface area contributed by atoms with Crippen LogP contribution in [0.2, 0.25) is 0 Å². The molecule has 0 spiro atoms. The zero-order valence-corrected chi connectivity index (χ0v) is 12.2. The van der Waals surface area contributed by atoms with Gasteiger partial charge in [-0.15, -0.1) is 0 Å². The number of aromatic amines is 1. The molecule has 3 rings (SSSR count). The third-order valence-electron chi connectivity index (χ3n) is 3.60. The van der Waals surface area contributed by atoms with E-state index < -0.39 is 5.97 Å². The number of aryl methyl sites for hydroxylation is 1. The molecule has 4 N–H and O–H groups in total. The molecule has 1 aromatic heterocycles. The summed E-state index contributed by atoms with van der Waals surface area (Å²) in [7, 11) is 0. The van der Waals surface area contributed by atoms with Gasteiger partial charge in [-0.25, -0.2) is 4.79 Å². The average Bonchev–Trinajstić information content (AvgIpc) is 2.83. The monoisotopic (exact) mass is 310 g/mol. The van der Waals surface area contributed by atoms with Gasteiger partial charge >= 0.3 is 5.97 Å². The average molecular weight is 310 g/mol. The predicted molar refractivity (Wildman–Crippen MR) is 87.0 cm³/mol.